The van der Waals surface area contributed by atoms with Gasteiger partial charge in [0.1, 0.15) is 0 Å². The van der Waals surface area contributed by atoms with E-state index in [1.54, 1.807) is 11.8 Å². The fraction of sp³-hybridized carbons (Fsp3) is 0.278. The van der Waals surface area contributed by atoms with Crippen LogP contribution in [0.1, 0.15) is 31.0 Å². The van der Waals surface area contributed by atoms with Crippen LogP contribution in [-0.2, 0) is 4.79 Å². The molecule has 1 amide bonds. The van der Waals surface area contributed by atoms with Crippen LogP contribution in [-0.4, -0.2) is 11.2 Å². The van der Waals surface area contributed by atoms with Crippen LogP contribution in [0.25, 0.3) is 0 Å². The summed E-state index contributed by atoms with van der Waals surface area (Å²) >= 11 is 1.58. The number of carbonyl (C=O) groups is 1. The fourth-order valence-corrected chi connectivity index (χ4v) is 2.92. The van der Waals surface area contributed by atoms with Crippen molar-refractivity contribution in [3.8, 4) is 0 Å². The molecular formula is C18H21NOS. The van der Waals surface area contributed by atoms with E-state index in [9.17, 15) is 4.79 Å². The molecule has 0 fully saturated rings. The van der Waals surface area contributed by atoms with Crippen LogP contribution < -0.4 is 5.32 Å². The Kier molecular flexibility index (Phi) is 5.45. The Morgan fingerprint density at radius 3 is 2.24 bits per heavy atom. The molecule has 3 heteroatoms. The number of hydrogen-bond donors (Lipinski definition) is 1. The van der Waals surface area contributed by atoms with E-state index in [4.69, 9.17) is 0 Å². The zero-order chi connectivity index (χ0) is 15.2. The molecule has 0 unspecified atom stereocenters. The number of amides is 1. The minimum atomic E-state index is -0.111. The molecule has 0 radical (unpaired) electrons. The van der Waals surface area contributed by atoms with Crippen LogP contribution in [0.3, 0.4) is 0 Å². The fourth-order valence-electron chi connectivity index (χ4n) is 2.03. The van der Waals surface area contributed by atoms with Crippen molar-refractivity contribution in [3.63, 3.8) is 0 Å². The van der Waals surface area contributed by atoms with Crippen LogP contribution in [0.2, 0.25) is 0 Å². The molecule has 2 aromatic rings. The van der Waals surface area contributed by atoms with Crippen molar-refractivity contribution in [2.75, 3.05) is 0 Å². The molecule has 0 aromatic heterocycles. The molecule has 110 valence electrons. The van der Waals surface area contributed by atoms with Gasteiger partial charge in [-0.2, -0.15) is 0 Å². The Morgan fingerprint density at radius 2 is 1.62 bits per heavy atom. The van der Waals surface area contributed by atoms with Crippen molar-refractivity contribution in [3.05, 3.63) is 65.7 Å². The largest absolute Gasteiger partial charge is 0.349 e. The first-order chi connectivity index (χ1) is 10.1. The molecule has 2 rings (SSSR count). The van der Waals surface area contributed by atoms with E-state index in [-0.39, 0.29) is 17.2 Å². The smallest absolute Gasteiger partial charge is 0.233 e. The summed E-state index contributed by atoms with van der Waals surface area (Å²) in [6, 6.07) is 18.3. The van der Waals surface area contributed by atoms with Crippen LogP contribution in [0, 0.1) is 6.92 Å². The second-order valence-electron chi connectivity index (χ2n) is 5.21. The molecule has 0 aliphatic rings. The molecule has 0 heterocycles. The van der Waals surface area contributed by atoms with Gasteiger partial charge in [-0.3, -0.25) is 4.79 Å². The molecule has 2 nitrogen and oxygen atoms in total. The lowest BCUT2D eigenvalue weighted by Gasteiger charge is -2.18. The number of thioether (sulfide) groups is 1. The van der Waals surface area contributed by atoms with E-state index < -0.39 is 0 Å². The van der Waals surface area contributed by atoms with Crippen molar-refractivity contribution >= 4 is 17.7 Å². The lowest BCUT2D eigenvalue weighted by molar-refractivity contribution is -0.120. The predicted octanol–water partition coefficient (Wildman–Crippen LogP) is 4.35. The third-order valence-corrected chi connectivity index (χ3v) is 4.47. The van der Waals surface area contributed by atoms with Gasteiger partial charge in [0, 0.05) is 4.90 Å². The van der Waals surface area contributed by atoms with Crippen LogP contribution in [0.5, 0.6) is 0 Å². The average molecular weight is 299 g/mol. The van der Waals surface area contributed by atoms with Crippen molar-refractivity contribution in [1.82, 2.24) is 5.32 Å². The molecule has 2 aromatic carbocycles. The quantitative estimate of drug-likeness (QED) is 0.831. The molecule has 21 heavy (non-hydrogen) atoms. The maximum Gasteiger partial charge on any atom is 0.233 e. The van der Waals surface area contributed by atoms with Gasteiger partial charge < -0.3 is 5.32 Å². The zero-order valence-corrected chi connectivity index (χ0v) is 13.5. The van der Waals surface area contributed by atoms with Gasteiger partial charge in [0.25, 0.3) is 0 Å². The lowest BCUT2D eigenvalue weighted by Crippen LogP contribution is -2.33. The third-order valence-electron chi connectivity index (χ3n) is 3.36. The number of hydrogen-bond acceptors (Lipinski definition) is 2. The molecule has 0 spiro atoms. The van der Waals surface area contributed by atoms with Gasteiger partial charge in [-0.25, -0.2) is 0 Å². The molecule has 2 atom stereocenters. The second-order valence-corrected chi connectivity index (χ2v) is 6.63. The second kappa shape index (κ2) is 7.32. The first kappa shape index (κ1) is 15.6. The van der Waals surface area contributed by atoms with Gasteiger partial charge in [-0.05, 0) is 38.5 Å². The van der Waals surface area contributed by atoms with Gasteiger partial charge in [0.05, 0.1) is 11.3 Å². The molecule has 0 aliphatic carbocycles. The highest BCUT2D eigenvalue weighted by Crippen LogP contribution is 2.23. The Bertz CT molecular complexity index is 580. The minimum absolute atomic E-state index is 0.0249. The number of nitrogens with one attached hydrogen (secondary N) is 1. The topological polar surface area (TPSA) is 29.1 Å². The summed E-state index contributed by atoms with van der Waals surface area (Å²) in [6.45, 7) is 6.02. The highest BCUT2D eigenvalue weighted by molar-refractivity contribution is 8.00. The first-order valence-corrected chi connectivity index (χ1v) is 8.03. The Hall–Kier alpha value is -1.74. The van der Waals surface area contributed by atoms with Crippen LogP contribution >= 0.6 is 11.8 Å². The summed E-state index contributed by atoms with van der Waals surface area (Å²) in [5, 5.41) is 2.97. The van der Waals surface area contributed by atoms with Gasteiger partial charge in [0.2, 0.25) is 5.91 Å². The summed E-state index contributed by atoms with van der Waals surface area (Å²) in [7, 11) is 0. The predicted molar refractivity (Wildman–Crippen MR) is 89.5 cm³/mol. The summed E-state index contributed by atoms with van der Waals surface area (Å²) in [5.74, 6) is 0.0666. The third kappa shape index (κ3) is 4.64. The normalized spacial score (nSPS) is 13.5. The maximum absolute atomic E-state index is 12.3. The highest BCUT2D eigenvalue weighted by atomic mass is 32.2. The summed E-state index contributed by atoms with van der Waals surface area (Å²) < 4.78 is 0. The number of benzene rings is 2. The van der Waals surface area contributed by atoms with Gasteiger partial charge in [-0.1, -0.05) is 48.0 Å². The van der Waals surface area contributed by atoms with Crippen molar-refractivity contribution in [2.45, 2.75) is 37.0 Å². The molecular weight excluding hydrogens is 278 g/mol. The Labute approximate surface area is 131 Å². The van der Waals surface area contributed by atoms with Gasteiger partial charge >= 0.3 is 0 Å². The van der Waals surface area contributed by atoms with E-state index in [2.05, 4.69) is 36.5 Å². The van der Waals surface area contributed by atoms with Gasteiger partial charge in [0.15, 0.2) is 0 Å². The maximum atomic E-state index is 12.3. The van der Waals surface area contributed by atoms with Crippen molar-refractivity contribution in [1.29, 1.82) is 0 Å². The molecule has 0 bridgehead atoms. The molecule has 0 saturated heterocycles. The van der Waals surface area contributed by atoms with Crippen molar-refractivity contribution in [2.24, 2.45) is 0 Å². The molecule has 0 aliphatic heterocycles. The number of aryl methyl sites for hydroxylation is 1. The number of carbonyl (C=O) groups excluding carboxylic acids is 1. The SMILES string of the molecule is Cc1ccc([C@@H](C)NC(=O)[C@@H](C)Sc2ccccc2)cc1. The van der Waals surface area contributed by atoms with E-state index in [0.717, 1.165) is 10.5 Å². The molecule has 1 N–H and O–H groups in total. The van der Waals surface area contributed by atoms with E-state index >= 15 is 0 Å². The Morgan fingerprint density at radius 1 is 1.00 bits per heavy atom. The monoisotopic (exact) mass is 299 g/mol. The standard InChI is InChI=1S/C18H21NOS/c1-13-9-11-16(12-10-13)14(2)19-18(20)15(3)21-17-7-5-4-6-8-17/h4-12,14-15H,1-3H3,(H,19,20)/t14-,15-/m1/s1. The average Bonchev–Trinajstić information content (AvgIpc) is 2.48. The van der Waals surface area contributed by atoms with E-state index in [1.165, 1.54) is 5.56 Å². The number of rotatable bonds is 5. The van der Waals surface area contributed by atoms with Gasteiger partial charge in [-0.15, -0.1) is 11.8 Å². The zero-order valence-electron chi connectivity index (χ0n) is 12.7. The van der Waals surface area contributed by atoms with E-state index in [1.807, 2.05) is 44.2 Å². The summed E-state index contributed by atoms with van der Waals surface area (Å²) in [5.41, 5.74) is 2.36. The van der Waals surface area contributed by atoms with E-state index in [0.29, 0.717) is 0 Å². The van der Waals surface area contributed by atoms with Crippen molar-refractivity contribution < 1.29 is 4.79 Å². The summed E-state index contributed by atoms with van der Waals surface area (Å²) in [4.78, 5) is 13.4. The minimum Gasteiger partial charge on any atom is -0.349 e. The molecule has 0 saturated carbocycles. The summed E-state index contributed by atoms with van der Waals surface area (Å²) in [6.07, 6.45) is 0. The first-order valence-electron chi connectivity index (χ1n) is 7.15. The highest BCUT2D eigenvalue weighted by Gasteiger charge is 2.17. The van der Waals surface area contributed by atoms with Crippen LogP contribution in [0.15, 0.2) is 59.5 Å². The van der Waals surface area contributed by atoms with Crippen LogP contribution in [0.4, 0.5) is 0 Å². The Balaban J connectivity index is 1.92. The lowest BCUT2D eigenvalue weighted by atomic mass is 10.1.